The highest BCUT2D eigenvalue weighted by Crippen LogP contribution is 2.31. The van der Waals surface area contributed by atoms with Gasteiger partial charge in [0.05, 0.1) is 11.6 Å². The van der Waals surface area contributed by atoms with Crippen LogP contribution in [0.1, 0.15) is 25.7 Å². The van der Waals surface area contributed by atoms with Crippen LogP contribution in [0, 0.1) is 30.0 Å². The molecule has 1 aromatic rings. The summed E-state index contributed by atoms with van der Waals surface area (Å²) in [7, 11) is 0. The van der Waals surface area contributed by atoms with Crippen molar-refractivity contribution in [3.8, 4) is 18.1 Å². The van der Waals surface area contributed by atoms with Crippen LogP contribution in [0.25, 0.3) is 0 Å². The molecule has 1 aliphatic rings. The van der Waals surface area contributed by atoms with Crippen molar-refractivity contribution in [1.29, 1.82) is 0 Å². The molecule has 2 N–H and O–H groups in total. The Morgan fingerprint density at radius 2 is 1.96 bits per heavy atom. The van der Waals surface area contributed by atoms with Gasteiger partial charge in [-0.15, -0.1) is 6.42 Å². The second kappa shape index (κ2) is 7.63. The van der Waals surface area contributed by atoms with Crippen molar-refractivity contribution in [2.24, 2.45) is 11.8 Å². The van der Waals surface area contributed by atoms with Crippen molar-refractivity contribution < 1.29 is 23.8 Å². The Labute approximate surface area is 133 Å². The molecular formula is C17H18FNO4. The van der Waals surface area contributed by atoms with Gasteiger partial charge in [0.1, 0.15) is 18.2 Å². The van der Waals surface area contributed by atoms with Crippen molar-refractivity contribution in [3.05, 3.63) is 24.0 Å². The highest BCUT2D eigenvalue weighted by molar-refractivity contribution is 5.94. The van der Waals surface area contributed by atoms with E-state index in [4.69, 9.17) is 16.3 Å². The molecule has 6 heteroatoms. The Kier molecular flexibility index (Phi) is 5.58. The summed E-state index contributed by atoms with van der Waals surface area (Å²) in [5.74, 6) is 0.362. The van der Waals surface area contributed by atoms with Crippen molar-refractivity contribution in [1.82, 2.24) is 0 Å². The third-order valence-corrected chi connectivity index (χ3v) is 3.96. The number of anilines is 1. The van der Waals surface area contributed by atoms with Gasteiger partial charge < -0.3 is 15.2 Å². The maximum absolute atomic E-state index is 13.4. The molecule has 0 atom stereocenters. The van der Waals surface area contributed by atoms with Crippen LogP contribution >= 0.6 is 0 Å². The van der Waals surface area contributed by atoms with E-state index in [-0.39, 0.29) is 30.0 Å². The van der Waals surface area contributed by atoms with Gasteiger partial charge >= 0.3 is 5.97 Å². The van der Waals surface area contributed by atoms with E-state index in [1.165, 1.54) is 18.2 Å². The van der Waals surface area contributed by atoms with Crippen LogP contribution in [0.15, 0.2) is 18.2 Å². The molecule has 0 aromatic heterocycles. The lowest BCUT2D eigenvalue weighted by Gasteiger charge is -2.25. The molecule has 0 radical (unpaired) electrons. The third-order valence-electron chi connectivity index (χ3n) is 3.96. The number of hydrogen-bond donors (Lipinski definition) is 2. The number of ether oxygens (including phenoxy) is 1. The molecule has 2 rings (SSSR count). The summed E-state index contributed by atoms with van der Waals surface area (Å²) in [6, 6.07) is 3.80. The first-order valence-electron chi connectivity index (χ1n) is 7.40. The van der Waals surface area contributed by atoms with E-state index >= 15 is 0 Å². The Bertz CT molecular complexity index is 630. The molecular weight excluding hydrogens is 301 g/mol. The van der Waals surface area contributed by atoms with Crippen molar-refractivity contribution in [3.63, 3.8) is 0 Å². The number of carboxylic acids is 1. The molecule has 1 fully saturated rings. The number of carbonyl (C=O) groups is 2. The lowest BCUT2D eigenvalue weighted by molar-refractivity contribution is -0.143. The largest absolute Gasteiger partial charge is 0.481 e. The fraction of sp³-hybridized carbons (Fsp3) is 0.412. The predicted octanol–water partition coefficient (Wildman–Crippen LogP) is 2.67. The number of amides is 1. The van der Waals surface area contributed by atoms with Crippen molar-refractivity contribution >= 4 is 17.6 Å². The second-order valence-electron chi connectivity index (χ2n) is 5.51. The highest BCUT2D eigenvalue weighted by Gasteiger charge is 2.30. The van der Waals surface area contributed by atoms with E-state index in [0.717, 1.165) is 0 Å². The smallest absolute Gasteiger partial charge is 0.306 e. The minimum atomic E-state index is -0.820. The average molecular weight is 319 g/mol. The number of aliphatic carboxylic acids is 1. The Balaban J connectivity index is 2.01. The molecule has 0 spiro atoms. The fourth-order valence-electron chi connectivity index (χ4n) is 2.68. The van der Waals surface area contributed by atoms with E-state index < -0.39 is 11.8 Å². The van der Waals surface area contributed by atoms with Gasteiger partial charge in [-0.2, -0.15) is 0 Å². The number of nitrogens with one attached hydrogen (secondary N) is 1. The Hall–Kier alpha value is -2.55. The quantitative estimate of drug-likeness (QED) is 0.818. The molecule has 0 heterocycles. The fourth-order valence-corrected chi connectivity index (χ4v) is 2.68. The molecule has 0 saturated heterocycles. The molecule has 122 valence electrons. The van der Waals surface area contributed by atoms with E-state index in [2.05, 4.69) is 11.2 Å². The molecule has 0 unspecified atom stereocenters. The van der Waals surface area contributed by atoms with Gasteiger partial charge in [-0.3, -0.25) is 9.59 Å². The highest BCUT2D eigenvalue weighted by atomic mass is 19.1. The zero-order valence-electron chi connectivity index (χ0n) is 12.5. The number of benzene rings is 1. The maximum atomic E-state index is 13.4. The number of halogens is 1. The van der Waals surface area contributed by atoms with E-state index in [1.54, 1.807) is 0 Å². The van der Waals surface area contributed by atoms with Crippen LogP contribution in [0.5, 0.6) is 5.75 Å². The van der Waals surface area contributed by atoms with Crippen LogP contribution in [-0.4, -0.2) is 23.6 Å². The molecule has 1 aromatic carbocycles. The summed E-state index contributed by atoms with van der Waals surface area (Å²) in [5.41, 5.74) is 0.227. The Morgan fingerprint density at radius 1 is 1.30 bits per heavy atom. The average Bonchev–Trinajstić information content (AvgIpc) is 2.54. The lowest BCUT2D eigenvalue weighted by Crippen LogP contribution is -2.29. The molecule has 5 nitrogen and oxygen atoms in total. The van der Waals surface area contributed by atoms with Gasteiger partial charge in [0.25, 0.3) is 0 Å². The summed E-state index contributed by atoms with van der Waals surface area (Å²) in [5, 5.41) is 11.6. The van der Waals surface area contributed by atoms with Crippen LogP contribution < -0.4 is 10.1 Å². The maximum Gasteiger partial charge on any atom is 0.306 e. The normalized spacial score (nSPS) is 20.3. The first-order valence-corrected chi connectivity index (χ1v) is 7.40. The first kappa shape index (κ1) is 16.8. The van der Waals surface area contributed by atoms with Crippen molar-refractivity contribution in [2.45, 2.75) is 25.7 Å². The van der Waals surface area contributed by atoms with E-state index in [1.807, 2.05) is 0 Å². The molecule has 1 amide bonds. The standard InChI is InChI=1S/C17H18FNO4/c1-2-9-23-15-8-7-13(18)10-14(15)19-16(20)11-3-5-12(6-4-11)17(21)22/h1,7-8,10-12H,3-6,9H2,(H,19,20)(H,21,22). The van der Waals surface area contributed by atoms with Gasteiger partial charge in [-0.25, -0.2) is 4.39 Å². The minimum absolute atomic E-state index is 0.0121. The predicted molar refractivity (Wildman–Crippen MR) is 82.4 cm³/mol. The number of terminal acetylenes is 1. The molecule has 1 aliphatic carbocycles. The topological polar surface area (TPSA) is 75.6 Å². The minimum Gasteiger partial charge on any atom is -0.481 e. The van der Waals surface area contributed by atoms with Gasteiger partial charge in [-0.05, 0) is 37.8 Å². The number of carbonyl (C=O) groups excluding carboxylic acids is 1. The van der Waals surface area contributed by atoms with E-state index in [9.17, 15) is 14.0 Å². The van der Waals surface area contributed by atoms with Crippen LogP contribution in [0.3, 0.4) is 0 Å². The monoisotopic (exact) mass is 319 g/mol. The SMILES string of the molecule is C#CCOc1ccc(F)cc1NC(=O)C1CCC(C(=O)O)CC1. The summed E-state index contributed by atoms with van der Waals surface area (Å²) < 4.78 is 18.7. The zero-order valence-corrected chi connectivity index (χ0v) is 12.5. The summed E-state index contributed by atoms with van der Waals surface area (Å²) in [4.78, 5) is 23.2. The van der Waals surface area contributed by atoms with Crippen LogP contribution in [0.2, 0.25) is 0 Å². The summed E-state index contributed by atoms with van der Waals surface area (Å²) in [6.45, 7) is 0.0121. The number of carboxylic acid groups (broad SMARTS) is 1. The van der Waals surface area contributed by atoms with Gasteiger partial charge in [-0.1, -0.05) is 5.92 Å². The number of rotatable bonds is 5. The molecule has 0 bridgehead atoms. The number of hydrogen-bond acceptors (Lipinski definition) is 3. The molecule has 23 heavy (non-hydrogen) atoms. The Morgan fingerprint density at radius 3 is 2.57 bits per heavy atom. The van der Waals surface area contributed by atoms with Gasteiger partial charge in [0.15, 0.2) is 0 Å². The van der Waals surface area contributed by atoms with Crippen molar-refractivity contribution in [2.75, 3.05) is 11.9 Å². The van der Waals surface area contributed by atoms with E-state index in [0.29, 0.717) is 31.4 Å². The van der Waals surface area contributed by atoms with Crippen LogP contribution in [0.4, 0.5) is 10.1 Å². The van der Waals surface area contributed by atoms with Crippen LogP contribution in [-0.2, 0) is 9.59 Å². The zero-order chi connectivity index (χ0) is 16.8. The third kappa shape index (κ3) is 4.46. The summed E-state index contributed by atoms with van der Waals surface area (Å²) in [6.07, 6.45) is 7.06. The van der Waals surface area contributed by atoms with Gasteiger partial charge in [0.2, 0.25) is 5.91 Å². The summed E-state index contributed by atoms with van der Waals surface area (Å²) >= 11 is 0. The first-order chi connectivity index (χ1) is 11.0. The lowest BCUT2D eigenvalue weighted by atomic mass is 9.81. The van der Waals surface area contributed by atoms with Gasteiger partial charge in [0, 0.05) is 12.0 Å². The second-order valence-corrected chi connectivity index (χ2v) is 5.51. The molecule has 0 aliphatic heterocycles. The molecule has 1 saturated carbocycles.